The van der Waals surface area contributed by atoms with Gasteiger partial charge in [-0.2, -0.15) is 10.2 Å². The molecular weight excluding hydrogens is 252 g/mol. The first kappa shape index (κ1) is 13.5. The Bertz CT molecular complexity index is 436. The Labute approximate surface area is 120 Å². The van der Waals surface area contributed by atoms with Gasteiger partial charge in [0.15, 0.2) is 0 Å². The van der Waals surface area contributed by atoms with Gasteiger partial charge in [-0.15, -0.1) is 0 Å². The number of nitrogens with zero attached hydrogens (tertiary/aromatic N) is 4. The number of carbonyl (C=O) groups excluding carboxylic acids is 1. The lowest BCUT2D eigenvalue weighted by atomic mass is 10.1. The molecule has 5 nitrogen and oxygen atoms in total. The Morgan fingerprint density at radius 2 is 1.90 bits per heavy atom. The molecule has 2 aliphatic rings. The van der Waals surface area contributed by atoms with Gasteiger partial charge in [0.25, 0.3) is 5.91 Å². The Morgan fingerprint density at radius 1 is 1.15 bits per heavy atom. The van der Waals surface area contributed by atoms with E-state index in [4.69, 9.17) is 0 Å². The van der Waals surface area contributed by atoms with Gasteiger partial charge in [-0.25, -0.2) is 0 Å². The molecule has 1 aliphatic carbocycles. The van der Waals surface area contributed by atoms with E-state index in [1.54, 1.807) is 18.5 Å². The second-order valence-electron chi connectivity index (χ2n) is 5.87. The van der Waals surface area contributed by atoms with E-state index >= 15 is 0 Å². The highest BCUT2D eigenvalue weighted by molar-refractivity contribution is 5.93. The fraction of sp³-hybridized carbons (Fsp3) is 0.667. The number of amides is 1. The summed E-state index contributed by atoms with van der Waals surface area (Å²) in [6.07, 6.45) is 8.71. The standard InChI is InChI=1S/C15H22N4O/c20-15(14-5-6-16-17-11-14)19-9-7-18(8-10-19)12-13-3-1-2-4-13/h5-6,11,13H,1-4,7-10,12H2. The largest absolute Gasteiger partial charge is 0.336 e. The quantitative estimate of drug-likeness (QED) is 0.836. The van der Waals surface area contributed by atoms with Crippen LogP contribution in [-0.4, -0.2) is 58.6 Å². The summed E-state index contributed by atoms with van der Waals surface area (Å²) in [5, 5.41) is 7.49. The molecule has 3 rings (SSSR count). The summed E-state index contributed by atoms with van der Waals surface area (Å²) >= 11 is 0. The first-order valence-corrected chi connectivity index (χ1v) is 7.61. The normalized spacial score (nSPS) is 21.3. The summed E-state index contributed by atoms with van der Waals surface area (Å²) in [6.45, 7) is 4.88. The van der Waals surface area contributed by atoms with Crippen molar-refractivity contribution >= 4 is 5.91 Å². The minimum absolute atomic E-state index is 0.0837. The van der Waals surface area contributed by atoms with Gasteiger partial charge in [0.2, 0.25) is 0 Å². The summed E-state index contributed by atoms with van der Waals surface area (Å²) < 4.78 is 0. The zero-order valence-electron chi connectivity index (χ0n) is 11.9. The summed E-state index contributed by atoms with van der Waals surface area (Å²) in [5.41, 5.74) is 0.643. The molecule has 0 N–H and O–H groups in total. The molecular formula is C15H22N4O. The predicted molar refractivity (Wildman–Crippen MR) is 76.3 cm³/mol. The summed E-state index contributed by atoms with van der Waals surface area (Å²) in [4.78, 5) is 16.7. The topological polar surface area (TPSA) is 49.3 Å². The molecule has 1 saturated carbocycles. The van der Waals surface area contributed by atoms with Crippen molar-refractivity contribution in [3.8, 4) is 0 Å². The van der Waals surface area contributed by atoms with Gasteiger partial charge in [-0.05, 0) is 24.8 Å². The van der Waals surface area contributed by atoms with Crippen LogP contribution in [0.5, 0.6) is 0 Å². The maximum absolute atomic E-state index is 12.3. The average Bonchev–Trinajstić information content (AvgIpc) is 3.01. The van der Waals surface area contributed by atoms with Crippen LogP contribution in [0.2, 0.25) is 0 Å². The van der Waals surface area contributed by atoms with Crippen molar-refractivity contribution in [2.75, 3.05) is 32.7 Å². The molecule has 0 bridgehead atoms. The molecule has 1 aliphatic heterocycles. The third kappa shape index (κ3) is 3.15. The minimum atomic E-state index is 0.0837. The van der Waals surface area contributed by atoms with Crippen molar-refractivity contribution in [1.29, 1.82) is 0 Å². The molecule has 0 unspecified atom stereocenters. The summed E-state index contributed by atoms with van der Waals surface area (Å²) in [7, 11) is 0. The van der Waals surface area contributed by atoms with E-state index in [1.165, 1.54) is 32.2 Å². The molecule has 5 heteroatoms. The van der Waals surface area contributed by atoms with E-state index in [2.05, 4.69) is 15.1 Å². The maximum Gasteiger partial charge on any atom is 0.255 e. The van der Waals surface area contributed by atoms with Crippen molar-refractivity contribution in [3.05, 3.63) is 24.0 Å². The maximum atomic E-state index is 12.3. The van der Waals surface area contributed by atoms with Gasteiger partial charge in [0, 0.05) is 32.7 Å². The van der Waals surface area contributed by atoms with Crippen LogP contribution in [0.4, 0.5) is 0 Å². The van der Waals surface area contributed by atoms with Gasteiger partial charge < -0.3 is 4.90 Å². The Balaban J connectivity index is 1.49. The smallest absolute Gasteiger partial charge is 0.255 e. The Morgan fingerprint density at radius 3 is 2.55 bits per heavy atom. The number of carbonyl (C=O) groups is 1. The third-order valence-corrected chi connectivity index (χ3v) is 4.48. The van der Waals surface area contributed by atoms with Gasteiger partial charge in [-0.1, -0.05) is 12.8 Å². The van der Waals surface area contributed by atoms with E-state index < -0.39 is 0 Å². The highest BCUT2D eigenvalue weighted by Gasteiger charge is 2.25. The highest BCUT2D eigenvalue weighted by atomic mass is 16.2. The number of piperazine rings is 1. The van der Waals surface area contributed by atoms with Crippen molar-refractivity contribution in [1.82, 2.24) is 20.0 Å². The van der Waals surface area contributed by atoms with E-state index in [0.29, 0.717) is 5.56 Å². The first-order chi connectivity index (χ1) is 9.83. The third-order valence-electron chi connectivity index (χ3n) is 4.48. The van der Waals surface area contributed by atoms with E-state index in [0.717, 1.165) is 32.1 Å². The fourth-order valence-corrected chi connectivity index (χ4v) is 3.29. The Hall–Kier alpha value is -1.49. The second-order valence-corrected chi connectivity index (χ2v) is 5.87. The van der Waals surface area contributed by atoms with Gasteiger partial charge in [-0.3, -0.25) is 9.69 Å². The lowest BCUT2D eigenvalue weighted by Crippen LogP contribution is -2.49. The Kier molecular flexibility index (Phi) is 4.25. The van der Waals surface area contributed by atoms with Crippen LogP contribution in [0, 0.1) is 5.92 Å². The predicted octanol–water partition coefficient (Wildman–Crippen LogP) is 1.42. The molecule has 2 fully saturated rings. The first-order valence-electron chi connectivity index (χ1n) is 7.61. The van der Waals surface area contributed by atoms with E-state index in [1.807, 2.05) is 4.90 Å². The molecule has 1 aromatic rings. The molecule has 0 aromatic carbocycles. The molecule has 0 atom stereocenters. The SMILES string of the molecule is O=C(c1ccnnc1)N1CCN(CC2CCCC2)CC1. The van der Waals surface area contributed by atoms with Crippen molar-refractivity contribution in [2.45, 2.75) is 25.7 Å². The molecule has 0 spiro atoms. The van der Waals surface area contributed by atoms with E-state index in [-0.39, 0.29) is 5.91 Å². The number of rotatable bonds is 3. The molecule has 2 heterocycles. The molecule has 0 radical (unpaired) electrons. The van der Waals surface area contributed by atoms with Crippen LogP contribution in [0.25, 0.3) is 0 Å². The van der Waals surface area contributed by atoms with Crippen LogP contribution < -0.4 is 0 Å². The van der Waals surface area contributed by atoms with Crippen LogP contribution in [-0.2, 0) is 0 Å². The molecule has 20 heavy (non-hydrogen) atoms. The van der Waals surface area contributed by atoms with Gasteiger partial charge >= 0.3 is 0 Å². The summed E-state index contributed by atoms with van der Waals surface area (Å²) in [6, 6.07) is 1.74. The van der Waals surface area contributed by atoms with Crippen molar-refractivity contribution < 1.29 is 4.79 Å². The average molecular weight is 274 g/mol. The fourth-order valence-electron chi connectivity index (χ4n) is 3.29. The zero-order chi connectivity index (χ0) is 13.8. The second kappa shape index (κ2) is 6.31. The molecule has 1 aromatic heterocycles. The lowest BCUT2D eigenvalue weighted by molar-refractivity contribution is 0.0617. The zero-order valence-corrected chi connectivity index (χ0v) is 11.9. The number of aromatic nitrogens is 2. The monoisotopic (exact) mass is 274 g/mol. The molecule has 1 amide bonds. The van der Waals surface area contributed by atoms with E-state index in [9.17, 15) is 4.79 Å². The highest BCUT2D eigenvalue weighted by Crippen LogP contribution is 2.25. The van der Waals surface area contributed by atoms with Crippen LogP contribution in [0.1, 0.15) is 36.0 Å². The minimum Gasteiger partial charge on any atom is -0.336 e. The molecule has 108 valence electrons. The van der Waals surface area contributed by atoms with Crippen molar-refractivity contribution in [3.63, 3.8) is 0 Å². The van der Waals surface area contributed by atoms with Gasteiger partial charge in [0.05, 0.1) is 18.0 Å². The molecule has 1 saturated heterocycles. The van der Waals surface area contributed by atoms with Crippen molar-refractivity contribution in [2.24, 2.45) is 5.92 Å². The van der Waals surface area contributed by atoms with Crippen LogP contribution in [0.15, 0.2) is 18.5 Å². The van der Waals surface area contributed by atoms with Gasteiger partial charge in [0.1, 0.15) is 0 Å². The van der Waals surface area contributed by atoms with Crippen LogP contribution >= 0.6 is 0 Å². The lowest BCUT2D eigenvalue weighted by Gasteiger charge is -2.35. The number of hydrogen-bond acceptors (Lipinski definition) is 4. The number of hydrogen-bond donors (Lipinski definition) is 0. The van der Waals surface area contributed by atoms with Crippen LogP contribution in [0.3, 0.4) is 0 Å². The summed E-state index contributed by atoms with van der Waals surface area (Å²) in [5.74, 6) is 0.974.